The van der Waals surface area contributed by atoms with E-state index in [9.17, 15) is 4.79 Å². The molecule has 0 atom stereocenters. The minimum Gasteiger partial charge on any atom is -0.491 e. The van der Waals surface area contributed by atoms with Gasteiger partial charge in [-0.1, -0.05) is 24.3 Å². The molecule has 2 aromatic carbocycles. The largest absolute Gasteiger partial charge is 0.491 e. The Morgan fingerprint density at radius 3 is 2.88 bits per heavy atom. The predicted molar refractivity (Wildman–Crippen MR) is 103 cm³/mol. The highest BCUT2D eigenvalue weighted by Crippen LogP contribution is 2.32. The van der Waals surface area contributed by atoms with Crippen LogP contribution in [0.2, 0.25) is 0 Å². The fraction of sp³-hybridized carbons (Fsp3) is 0.300. The monoisotopic (exact) mass is 371 g/mol. The number of benzene rings is 2. The molecule has 0 amide bonds. The van der Waals surface area contributed by atoms with Crippen molar-refractivity contribution in [3.63, 3.8) is 0 Å². The van der Waals surface area contributed by atoms with Gasteiger partial charge in [0.2, 0.25) is 0 Å². The highest BCUT2D eigenvalue weighted by Gasteiger charge is 2.11. The number of carbonyl (C=O) groups is 1. The average molecular weight is 371 g/mol. The molecule has 0 aliphatic heterocycles. The number of ether oxygens (including phenoxy) is 3. The Morgan fingerprint density at radius 2 is 2.08 bits per heavy atom. The van der Waals surface area contributed by atoms with Gasteiger partial charge in [-0.25, -0.2) is 4.98 Å². The zero-order valence-corrected chi connectivity index (χ0v) is 15.7. The summed E-state index contributed by atoms with van der Waals surface area (Å²) >= 11 is 1.52. The molecule has 26 heavy (non-hydrogen) atoms. The molecule has 0 saturated heterocycles. The van der Waals surface area contributed by atoms with Gasteiger partial charge in [0.05, 0.1) is 25.3 Å². The van der Waals surface area contributed by atoms with E-state index in [0.717, 1.165) is 32.8 Å². The summed E-state index contributed by atoms with van der Waals surface area (Å²) in [5.41, 5.74) is 1.73. The number of esters is 1. The van der Waals surface area contributed by atoms with Crippen molar-refractivity contribution in [2.45, 2.75) is 13.3 Å². The number of aromatic nitrogens is 1. The number of hydrogen-bond donors (Lipinski definition) is 0. The summed E-state index contributed by atoms with van der Waals surface area (Å²) in [6.45, 7) is 3.22. The van der Waals surface area contributed by atoms with Crippen LogP contribution >= 0.6 is 11.3 Å². The molecule has 0 aliphatic carbocycles. The zero-order chi connectivity index (χ0) is 18.4. The van der Waals surface area contributed by atoms with Gasteiger partial charge in [0.1, 0.15) is 17.4 Å². The smallest absolute Gasteiger partial charge is 0.311 e. The number of fused-ring (bicyclic) bond motifs is 1. The lowest BCUT2D eigenvalue weighted by Gasteiger charge is -2.10. The summed E-state index contributed by atoms with van der Waals surface area (Å²) in [4.78, 5) is 16.2. The van der Waals surface area contributed by atoms with Gasteiger partial charge in [0, 0.05) is 23.4 Å². The molecule has 0 radical (unpaired) electrons. The third kappa shape index (κ3) is 4.39. The van der Waals surface area contributed by atoms with Crippen LogP contribution in [0.5, 0.6) is 5.75 Å². The van der Waals surface area contributed by atoms with E-state index in [4.69, 9.17) is 14.2 Å². The molecule has 0 saturated carbocycles. The molecule has 3 rings (SSSR count). The molecule has 0 N–H and O–H groups in total. The van der Waals surface area contributed by atoms with Crippen molar-refractivity contribution in [3.05, 3.63) is 47.5 Å². The first-order valence-electron chi connectivity index (χ1n) is 8.46. The van der Waals surface area contributed by atoms with E-state index in [2.05, 4.69) is 23.2 Å². The lowest BCUT2D eigenvalue weighted by molar-refractivity contribution is -0.142. The second-order valence-corrected chi connectivity index (χ2v) is 6.52. The van der Waals surface area contributed by atoms with Crippen molar-refractivity contribution < 1.29 is 19.0 Å². The summed E-state index contributed by atoms with van der Waals surface area (Å²) in [7, 11) is 1.65. The van der Waals surface area contributed by atoms with E-state index >= 15 is 0 Å². The van der Waals surface area contributed by atoms with Crippen molar-refractivity contribution in [3.8, 4) is 16.3 Å². The Balaban J connectivity index is 1.85. The molecule has 6 heteroatoms. The Kier molecular flexibility index (Phi) is 6.20. The molecule has 0 aliphatic rings. The van der Waals surface area contributed by atoms with Crippen LogP contribution in [0.3, 0.4) is 0 Å². The van der Waals surface area contributed by atoms with Gasteiger partial charge in [0.25, 0.3) is 0 Å². The molecule has 0 spiro atoms. The molecule has 136 valence electrons. The van der Waals surface area contributed by atoms with Gasteiger partial charge < -0.3 is 14.2 Å². The SMILES string of the molecule is CCOC(=O)Cc1csc(-c2ccc3cccc(OCCOC)c3c2)n1. The van der Waals surface area contributed by atoms with Gasteiger partial charge in [-0.05, 0) is 24.4 Å². The lowest BCUT2D eigenvalue weighted by Crippen LogP contribution is -2.07. The molecular weight excluding hydrogens is 350 g/mol. The van der Waals surface area contributed by atoms with Crippen molar-refractivity contribution in [2.75, 3.05) is 26.9 Å². The number of hydrogen-bond acceptors (Lipinski definition) is 6. The molecule has 0 fully saturated rings. The molecule has 5 nitrogen and oxygen atoms in total. The Morgan fingerprint density at radius 1 is 1.19 bits per heavy atom. The van der Waals surface area contributed by atoms with Crippen molar-refractivity contribution in [1.29, 1.82) is 0 Å². The number of thiazole rings is 1. The first-order valence-corrected chi connectivity index (χ1v) is 9.34. The van der Waals surface area contributed by atoms with E-state index in [1.807, 2.05) is 23.6 Å². The second kappa shape index (κ2) is 8.78. The lowest BCUT2D eigenvalue weighted by atomic mass is 10.1. The van der Waals surface area contributed by atoms with Crippen LogP contribution in [0, 0.1) is 0 Å². The zero-order valence-electron chi connectivity index (χ0n) is 14.9. The highest BCUT2D eigenvalue weighted by atomic mass is 32.1. The molecular formula is C20H21NO4S. The van der Waals surface area contributed by atoms with Crippen LogP contribution in [0.1, 0.15) is 12.6 Å². The third-order valence-corrected chi connectivity index (χ3v) is 4.76. The van der Waals surface area contributed by atoms with Gasteiger partial charge in [0.15, 0.2) is 0 Å². The number of rotatable bonds is 8. The van der Waals surface area contributed by atoms with E-state index < -0.39 is 0 Å². The Bertz CT molecular complexity index is 890. The molecule has 3 aromatic rings. The maximum atomic E-state index is 11.6. The van der Waals surface area contributed by atoms with Gasteiger partial charge >= 0.3 is 5.97 Å². The normalized spacial score (nSPS) is 10.8. The number of carbonyl (C=O) groups excluding carboxylic acids is 1. The first-order chi connectivity index (χ1) is 12.7. The highest BCUT2D eigenvalue weighted by molar-refractivity contribution is 7.13. The van der Waals surface area contributed by atoms with Gasteiger partial charge in [-0.15, -0.1) is 11.3 Å². The van der Waals surface area contributed by atoms with E-state index in [0.29, 0.717) is 19.8 Å². The van der Waals surface area contributed by atoms with Crippen molar-refractivity contribution in [2.24, 2.45) is 0 Å². The van der Waals surface area contributed by atoms with E-state index in [1.54, 1.807) is 14.0 Å². The third-order valence-electron chi connectivity index (χ3n) is 3.82. The van der Waals surface area contributed by atoms with Crippen molar-refractivity contribution in [1.82, 2.24) is 4.98 Å². The van der Waals surface area contributed by atoms with Crippen LogP contribution in [0.25, 0.3) is 21.3 Å². The first kappa shape index (κ1) is 18.4. The molecule has 1 heterocycles. The summed E-state index contributed by atoms with van der Waals surface area (Å²) in [6, 6.07) is 12.1. The van der Waals surface area contributed by atoms with Crippen LogP contribution < -0.4 is 4.74 Å². The minimum absolute atomic E-state index is 0.198. The predicted octanol–water partition coefficient (Wildman–Crippen LogP) is 4.09. The number of methoxy groups -OCH3 is 1. The Labute approximate surface area is 156 Å². The van der Waals surface area contributed by atoms with Crippen LogP contribution in [0.15, 0.2) is 41.8 Å². The van der Waals surface area contributed by atoms with Crippen LogP contribution in [-0.4, -0.2) is 37.9 Å². The minimum atomic E-state index is -0.253. The molecule has 0 bridgehead atoms. The Hall–Kier alpha value is -2.44. The van der Waals surface area contributed by atoms with E-state index in [1.165, 1.54) is 11.3 Å². The topological polar surface area (TPSA) is 57.7 Å². The van der Waals surface area contributed by atoms with Gasteiger partial charge in [-0.3, -0.25) is 4.79 Å². The summed E-state index contributed by atoms with van der Waals surface area (Å²) in [5, 5.41) is 4.91. The van der Waals surface area contributed by atoms with Crippen molar-refractivity contribution >= 4 is 28.1 Å². The fourth-order valence-electron chi connectivity index (χ4n) is 2.62. The summed E-state index contributed by atoms with van der Waals surface area (Å²) in [5.74, 6) is 0.571. The number of nitrogens with zero attached hydrogens (tertiary/aromatic N) is 1. The van der Waals surface area contributed by atoms with Crippen LogP contribution in [0.4, 0.5) is 0 Å². The molecule has 0 unspecified atom stereocenters. The second-order valence-electron chi connectivity index (χ2n) is 5.66. The van der Waals surface area contributed by atoms with Gasteiger partial charge in [-0.2, -0.15) is 0 Å². The summed E-state index contributed by atoms with van der Waals surface area (Å²) in [6.07, 6.45) is 0.198. The maximum absolute atomic E-state index is 11.6. The van der Waals surface area contributed by atoms with Crippen LogP contribution in [-0.2, 0) is 20.7 Å². The van der Waals surface area contributed by atoms with E-state index in [-0.39, 0.29) is 12.4 Å². The average Bonchev–Trinajstić information content (AvgIpc) is 3.10. The maximum Gasteiger partial charge on any atom is 0.311 e. The molecule has 1 aromatic heterocycles. The quantitative estimate of drug-likeness (QED) is 0.441. The fourth-order valence-corrected chi connectivity index (χ4v) is 3.44. The standard InChI is InChI=1S/C20H21NO4S/c1-3-24-19(22)12-16-13-26-20(21-16)15-8-7-14-5-4-6-18(17(14)11-15)25-10-9-23-2/h4-8,11,13H,3,9-10,12H2,1-2H3. The summed E-state index contributed by atoms with van der Waals surface area (Å²) < 4.78 is 15.9.